The molecule has 0 unspecified atom stereocenters. The summed E-state index contributed by atoms with van der Waals surface area (Å²) in [6.45, 7) is 4.85. The van der Waals surface area contributed by atoms with Gasteiger partial charge in [0.05, 0.1) is 19.4 Å². The number of carbonyl (C=O) groups is 2. The SMILES string of the molecule is CCCCCCCCCC(=O)NCC(=O)NN=Cc1ccc(OCc2ccc(Cl)cc2)c(OCC)c1. The van der Waals surface area contributed by atoms with Gasteiger partial charge in [-0.15, -0.1) is 0 Å². The van der Waals surface area contributed by atoms with Gasteiger partial charge < -0.3 is 14.8 Å². The molecular weight excluding hydrogens is 478 g/mol. The minimum atomic E-state index is -0.382. The summed E-state index contributed by atoms with van der Waals surface area (Å²) in [5.41, 5.74) is 4.16. The van der Waals surface area contributed by atoms with E-state index in [1.54, 1.807) is 12.1 Å². The standard InChI is InChI=1S/C28H38ClN3O4/c1-3-5-6-7-8-9-10-11-27(33)30-20-28(34)32-31-19-23-14-17-25(26(18-23)35-4-2)36-21-22-12-15-24(29)16-13-22/h12-19H,3-11,20-21H2,1-2H3,(H,30,33)(H,32,34). The van der Waals surface area contributed by atoms with Crippen molar-refractivity contribution < 1.29 is 19.1 Å². The van der Waals surface area contributed by atoms with E-state index in [4.69, 9.17) is 21.1 Å². The quantitative estimate of drug-likeness (QED) is 0.153. The van der Waals surface area contributed by atoms with Crippen molar-refractivity contribution in [2.75, 3.05) is 13.2 Å². The third-order valence-electron chi connectivity index (χ3n) is 5.43. The number of halogens is 1. The van der Waals surface area contributed by atoms with Crippen LogP contribution in [0.15, 0.2) is 47.6 Å². The largest absolute Gasteiger partial charge is 0.490 e. The van der Waals surface area contributed by atoms with Gasteiger partial charge in [0.25, 0.3) is 5.91 Å². The minimum Gasteiger partial charge on any atom is -0.490 e. The number of unbranched alkanes of at least 4 members (excludes halogenated alkanes) is 6. The van der Waals surface area contributed by atoms with E-state index in [1.807, 2.05) is 37.3 Å². The van der Waals surface area contributed by atoms with Crippen LogP contribution in [-0.4, -0.2) is 31.2 Å². The Balaban J connectivity index is 1.73. The highest BCUT2D eigenvalue weighted by Gasteiger charge is 2.08. The molecule has 0 fully saturated rings. The maximum atomic E-state index is 12.0. The van der Waals surface area contributed by atoms with Crippen molar-refractivity contribution in [1.82, 2.24) is 10.7 Å². The van der Waals surface area contributed by atoms with Crippen molar-refractivity contribution in [3.63, 3.8) is 0 Å². The third kappa shape index (κ3) is 12.1. The van der Waals surface area contributed by atoms with Gasteiger partial charge in [-0.25, -0.2) is 5.43 Å². The first-order valence-corrected chi connectivity index (χ1v) is 13.1. The highest BCUT2D eigenvalue weighted by atomic mass is 35.5. The number of rotatable bonds is 17. The van der Waals surface area contributed by atoms with Crippen LogP contribution in [0.1, 0.15) is 76.3 Å². The van der Waals surface area contributed by atoms with E-state index in [1.165, 1.54) is 31.9 Å². The molecule has 0 saturated heterocycles. The van der Waals surface area contributed by atoms with Gasteiger partial charge in [0.2, 0.25) is 5.91 Å². The second-order valence-electron chi connectivity index (χ2n) is 8.50. The predicted molar refractivity (Wildman–Crippen MR) is 145 cm³/mol. The smallest absolute Gasteiger partial charge is 0.259 e. The number of carbonyl (C=O) groups excluding carboxylic acids is 2. The van der Waals surface area contributed by atoms with Crippen LogP contribution in [0.4, 0.5) is 0 Å². The lowest BCUT2D eigenvalue weighted by Crippen LogP contribution is -2.34. The zero-order valence-electron chi connectivity index (χ0n) is 21.4. The van der Waals surface area contributed by atoms with E-state index in [0.717, 1.165) is 30.4 Å². The molecule has 2 N–H and O–H groups in total. The van der Waals surface area contributed by atoms with Crippen LogP contribution >= 0.6 is 11.6 Å². The van der Waals surface area contributed by atoms with Crippen LogP contribution in [-0.2, 0) is 16.2 Å². The number of ether oxygens (including phenoxy) is 2. The molecular formula is C28H38ClN3O4. The lowest BCUT2D eigenvalue weighted by Gasteiger charge is -2.12. The van der Waals surface area contributed by atoms with E-state index in [2.05, 4.69) is 22.8 Å². The lowest BCUT2D eigenvalue weighted by molar-refractivity contribution is -0.126. The summed E-state index contributed by atoms with van der Waals surface area (Å²) >= 11 is 5.93. The Morgan fingerprint density at radius 1 is 0.889 bits per heavy atom. The van der Waals surface area contributed by atoms with Gasteiger partial charge in [-0.1, -0.05) is 69.2 Å². The Kier molecular flexibility index (Phi) is 14.1. The molecule has 0 aliphatic rings. The summed E-state index contributed by atoms with van der Waals surface area (Å²) in [7, 11) is 0. The number of hydrogen-bond donors (Lipinski definition) is 2. The van der Waals surface area contributed by atoms with Crippen LogP contribution in [0, 0.1) is 0 Å². The molecule has 196 valence electrons. The molecule has 2 aromatic rings. The topological polar surface area (TPSA) is 89.0 Å². The zero-order chi connectivity index (χ0) is 26.0. The molecule has 0 atom stereocenters. The van der Waals surface area contributed by atoms with Gasteiger partial charge in [0.15, 0.2) is 11.5 Å². The summed E-state index contributed by atoms with van der Waals surface area (Å²) < 4.78 is 11.6. The van der Waals surface area contributed by atoms with E-state index in [9.17, 15) is 9.59 Å². The van der Waals surface area contributed by atoms with Gasteiger partial charge in [-0.2, -0.15) is 5.10 Å². The molecule has 0 radical (unpaired) electrons. The molecule has 7 nitrogen and oxygen atoms in total. The Morgan fingerprint density at radius 2 is 1.61 bits per heavy atom. The van der Waals surface area contributed by atoms with E-state index < -0.39 is 0 Å². The van der Waals surface area contributed by atoms with E-state index in [-0.39, 0.29) is 18.4 Å². The number of amides is 2. The first-order chi connectivity index (χ1) is 17.5. The second-order valence-corrected chi connectivity index (χ2v) is 8.93. The van der Waals surface area contributed by atoms with Gasteiger partial charge in [0.1, 0.15) is 6.61 Å². The zero-order valence-corrected chi connectivity index (χ0v) is 22.1. The highest BCUT2D eigenvalue weighted by Crippen LogP contribution is 2.29. The maximum absolute atomic E-state index is 12.0. The molecule has 2 amide bonds. The predicted octanol–water partition coefficient (Wildman–Crippen LogP) is 6.02. The fourth-order valence-corrected chi connectivity index (χ4v) is 3.59. The highest BCUT2D eigenvalue weighted by molar-refractivity contribution is 6.30. The maximum Gasteiger partial charge on any atom is 0.259 e. The summed E-state index contributed by atoms with van der Waals surface area (Å²) in [5, 5.41) is 7.29. The van der Waals surface area contributed by atoms with Crippen LogP contribution < -0.4 is 20.2 Å². The fourth-order valence-electron chi connectivity index (χ4n) is 3.46. The average Bonchev–Trinajstić information content (AvgIpc) is 2.87. The summed E-state index contributed by atoms with van der Waals surface area (Å²) in [5.74, 6) is 0.696. The molecule has 8 heteroatoms. The summed E-state index contributed by atoms with van der Waals surface area (Å²) in [6.07, 6.45) is 10.00. The molecule has 0 aliphatic heterocycles. The number of nitrogens with one attached hydrogen (secondary N) is 2. The minimum absolute atomic E-state index is 0.103. The summed E-state index contributed by atoms with van der Waals surface area (Å²) in [4.78, 5) is 23.9. The Bertz CT molecular complexity index is 964. The normalized spacial score (nSPS) is 10.9. The second kappa shape index (κ2) is 17.4. The van der Waals surface area contributed by atoms with Gasteiger partial charge in [-0.05, 0) is 54.8 Å². The molecule has 0 saturated carbocycles. The molecule has 0 bridgehead atoms. The van der Waals surface area contributed by atoms with Crippen molar-refractivity contribution in [1.29, 1.82) is 0 Å². The van der Waals surface area contributed by atoms with Gasteiger partial charge in [0, 0.05) is 11.4 Å². The van der Waals surface area contributed by atoms with Crippen molar-refractivity contribution >= 4 is 29.6 Å². The number of hydrogen-bond acceptors (Lipinski definition) is 5. The molecule has 2 aromatic carbocycles. The number of nitrogens with zero attached hydrogens (tertiary/aromatic N) is 1. The Morgan fingerprint density at radius 3 is 2.33 bits per heavy atom. The van der Waals surface area contributed by atoms with Crippen molar-refractivity contribution in [3.05, 3.63) is 58.6 Å². The fraction of sp³-hybridized carbons (Fsp3) is 0.464. The Hall–Kier alpha value is -3.06. The van der Waals surface area contributed by atoms with Crippen molar-refractivity contribution in [2.45, 2.75) is 71.8 Å². The lowest BCUT2D eigenvalue weighted by atomic mass is 10.1. The monoisotopic (exact) mass is 515 g/mol. The van der Waals surface area contributed by atoms with Crippen molar-refractivity contribution in [3.8, 4) is 11.5 Å². The van der Waals surface area contributed by atoms with Crippen molar-refractivity contribution in [2.24, 2.45) is 5.10 Å². The first-order valence-electron chi connectivity index (χ1n) is 12.7. The van der Waals surface area contributed by atoms with Gasteiger partial charge in [-0.3, -0.25) is 9.59 Å². The molecule has 0 aromatic heterocycles. The van der Waals surface area contributed by atoms with E-state index in [0.29, 0.717) is 36.2 Å². The van der Waals surface area contributed by atoms with Crippen LogP contribution in [0.2, 0.25) is 5.02 Å². The molecule has 0 spiro atoms. The van der Waals surface area contributed by atoms with Gasteiger partial charge >= 0.3 is 0 Å². The molecule has 36 heavy (non-hydrogen) atoms. The number of benzene rings is 2. The Labute approximate surface area is 219 Å². The first kappa shape index (κ1) is 29.2. The average molecular weight is 516 g/mol. The third-order valence-corrected chi connectivity index (χ3v) is 5.68. The summed E-state index contributed by atoms with van der Waals surface area (Å²) in [6, 6.07) is 12.9. The molecule has 2 rings (SSSR count). The van der Waals surface area contributed by atoms with Crippen LogP contribution in [0.5, 0.6) is 11.5 Å². The molecule has 0 heterocycles. The van der Waals surface area contributed by atoms with Crippen LogP contribution in [0.3, 0.4) is 0 Å². The van der Waals surface area contributed by atoms with Crippen LogP contribution in [0.25, 0.3) is 0 Å². The molecule has 0 aliphatic carbocycles. The van der Waals surface area contributed by atoms with E-state index >= 15 is 0 Å². The number of hydrazone groups is 1.